The Hall–Kier alpha value is -2.76. The molecule has 5 nitrogen and oxygen atoms in total. The predicted octanol–water partition coefficient (Wildman–Crippen LogP) is 3.58. The van der Waals surface area contributed by atoms with E-state index >= 15 is 0 Å². The van der Waals surface area contributed by atoms with E-state index in [0.717, 1.165) is 5.75 Å². The van der Waals surface area contributed by atoms with Crippen molar-refractivity contribution in [1.29, 1.82) is 0 Å². The molecule has 0 saturated carbocycles. The van der Waals surface area contributed by atoms with E-state index < -0.39 is 11.9 Å². The molecule has 26 heavy (non-hydrogen) atoms. The molecule has 0 radical (unpaired) electrons. The number of hydrogen-bond acceptors (Lipinski definition) is 4. The number of nitrogens with one attached hydrogen (secondary N) is 1. The minimum atomic E-state index is -0.768. The van der Waals surface area contributed by atoms with Crippen LogP contribution in [0.1, 0.15) is 20.3 Å². The number of rotatable bonds is 9. The molecule has 0 aliphatic rings. The van der Waals surface area contributed by atoms with Gasteiger partial charge in [-0.05, 0) is 49.7 Å². The molecule has 140 valence electrons. The maximum atomic E-state index is 13.7. The third-order valence-corrected chi connectivity index (χ3v) is 3.72. The first-order valence-corrected chi connectivity index (χ1v) is 8.52. The van der Waals surface area contributed by atoms with Crippen LogP contribution in [0, 0.1) is 5.82 Å². The first-order valence-electron chi connectivity index (χ1n) is 8.52. The van der Waals surface area contributed by atoms with E-state index in [1.807, 2.05) is 13.8 Å². The average Bonchev–Trinajstić information content (AvgIpc) is 2.66. The largest absolute Gasteiger partial charge is 0.497 e. The Morgan fingerprint density at radius 2 is 1.77 bits per heavy atom. The minimum Gasteiger partial charge on any atom is -0.497 e. The van der Waals surface area contributed by atoms with Gasteiger partial charge in [-0.25, -0.2) is 4.39 Å². The van der Waals surface area contributed by atoms with Gasteiger partial charge in [-0.1, -0.05) is 19.1 Å². The van der Waals surface area contributed by atoms with Gasteiger partial charge in [-0.2, -0.15) is 0 Å². The average molecular weight is 361 g/mol. The van der Waals surface area contributed by atoms with E-state index in [0.29, 0.717) is 18.8 Å². The van der Waals surface area contributed by atoms with E-state index in [1.54, 1.807) is 43.5 Å². The molecule has 0 aliphatic carbocycles. The Balaban J connectivity index is 1.84. The molecule has 0 fully saturated rings. The van der Waals surface area contributed by atoms with Crippen LogP contribution in [0.15, 0.2) is 48.5 Å². The van der Waals surface area contributed by atoms with Gasteiger partial charge in [0, 0.05) is 0 Å². The first-order chi connectivity index (χ1) is 12.5. The maximum absolute atomic E-state index is 13.7. The lowest BCUT2D eigenvalue weighted by atomic mass is 10.2. The standard InChI is InChI=1S/C20H24FNO4/c1-4-18(26-19-8-6-5-7-17(19)21)20(23)22-14(2)13-25-16-11-9-15(24-3)10-12-16/h5-12,14,18H,4,13H2,1-3H3,(H,22,23)/t14-,18+/m1/s1. The molecule has 0 unspecified atom stereocenters. The van der Waals surface area contributed by atoms with Crippen LogP contribution in [0.2, 0.25) is 0 Å². The van der Waals surface area contributed by atoms with Crippen molar-refractivity contribution in [2.75, 3.05) is 13.7 Å². The van der Waals surface area contributed by atoms with Gasteiger partial charge in [0.25, 0.3) is 5.91 Å². The summed E-state index contributed by atoms with van der Waals surface area (Å²) in [6, 6.07) is 13.0. The molecule has 0 saturated heterocycles. The smallest absolute Gasteiger partial charge is 0.261 e. The van der Waals surface area contributed by atoms with Gasteiger partial charge in [-0.15, -0.1) is 0 Å². The van der Waals surface area contributed by atoms with Gasteiger partial charge in [0.15, 0.2) is 17.7 Å². The van der Waals surface area contributed by atoms with E-state index in [1.165, 1.54) is 12.1 Å². The summed E-state index contributed by atoms with van der Waals surface area (Å²) in [5, 5.41) is 2.83. The van der Waals surface area contributed by atoms with E-state index in [9.17, 15) is 9.18 Å². The number of ether oxygens (including phenoxy) is 3. The van der Waals surface area contributed by atoms with Crippen LogP contribution < -0.4 is 19.5 Å². The first kappa shape index (κ1) is 19.6. The third kappa shape index (κ3) is 5.65. The van der Waals surface area contributed by atoms with Gasteiger partial charge < -0.3 is 19.5 Å². The molecule has 1 amide bonds. The molecular weight excluding hydrogens is 337 g/mol. The van der Waals surface area contributed by atoms with Crippen LogP contribution in [0.4, 0.5) is 4.39 Å². The zero-order valence-corrected chi connectivity index (χ0v) is 15.2. The molecule has 2 rings (SSSR count). The number of benzene rings is 2. The molecule has 2 aromatic rings. The lowest BCUT2D eigenvalue weighted by Gasteiger charge is -2.21. The summed E-state index contributed by atoms with van der Waals surface area (Å²) in [5.74, 6) is 0.698. The van der Waals surface area contributed by atoms with Crippen molar-refractivity contribution in [1.82, 2.24) is 5.32 Å². The van der Waals surface area contributed by atoms with Gasteiger partial charge in [0.1, 0.15) is 18.1 Å². The van der Waals surface area contributed by atoms with Crippen LogP contribution in [-0.2, 0) is 4.79 Å². The second kappa shape index (κ2) is 9.65. The van der Waals surface area contributed by atoms with Crippen molar-refractivity contribution in [3.63, 3.8) is 0 Å². The lowest BCUT2D eigenvalue weighted by Crippen LogP contribution is -2.44. The highest BCUT2D eigenvalue weighted by Gasteiger charge is 2.21. The summed E-state index contributed by atoms with van der Waals surface area (Å²) in [6.07, 6.45) is -0.345. The summed E-state index contributed by atoms with van der Waals surface area (Å²) < 4.78 is 29.9. The van der Waals surface area contributed by atoms with E-state index in [2.05, 4.69) is 5.32 Å². The fourth-order valence-corrected chi connectivity index (χ4v) is 2.29. The quantitative estimate of drug-likeness (QED) is 0.742. The molecule has 0 aliphatic heterocycles. The van der Waals surface area contributed by atoms with E-state index in [-0.39, 0.29) is 17.7 Å². The van der Waals surface area contributed by atoms with Crippen LogP contribution in [-0.4, -0.2) is 31.8 Å². The van der Waals surface area contributed by atoms with Crippen molar-refractivity contribution in [2.45, 2.75) is 32.4 Å². The van der Waals surface area contributed by atoms with Gasteiger partial charge in [0.2, 0.25) is 0 Å². The molecule has 0 bridgehead atoms. The number of amides is 1. The Bertz CT molecular complexity index is 705. The zero-order valence-electron chi connectivity index (χ0n) is 15.2. The van der Waals surface area contributed by atoms with Crippen LogP contribution in [0.25, 0.3) is 0 Å². The van der Waals surface area contributed by atoms with Crippen molar-refractivity contribution < 1.29 is 23.4 Å². The normalized spacial score (nSPS) is 12.8. The maximum Gasteiger partial charge on any atom is 0.261 e. The highest BCUT2D eigenvalue weighted by molar-refractivity contribution is 5.81. The predicted molar refractivity (Wildman–Crippen MR) is 97.2 cm³/mol. The summed E-state index contributed by atoms with van der Waals surface area (Å²) in [4.78, 5) is 12.4. The minimum absolute atomic E-state index is 0.0663. The number of halogens is 1. The number of carbonyl (C=O) groups excluding carboxylic acids is 1. The topological polar surface area (TPSA) is 56.8 Å². The van der Waals surface area contributed by atoms with Gasteiger partial charge in [0.05, 0.1) is 13.2 Å². The number of methoxy groups -OCH3 is 1. The Morgan fingerprint density at radius 1 is 1.12 bits per heavy atom. The van der Waals surface area contributed by atoms with Crippen molar-refractivity contribution >= 4 is 5.91 Å². The highest BCUT2D eigenvalue weighted by atomic mass is 19.1. The molecule has 0 spiro atoms. The third-order valence-electron chi connectivity index (χ3n) is 3.72. The fourth-order valence-electron chi connectivity index (χ4n) is 2.29. The second-order valence-electron chi connectivity index (χ2n) is 5.84. The Morgan fingerprint density at radius 3 is 2.38 bits per heavy atom. The highest BCUT2D eigenvalue weighted by Crippen LogP contribution is 2.19. The second-order valence-corrected chi connectivity index (χ2v) is 5.84. The Kier molecular flexibility index (Phi) is 7.26. The number of para-hydroxylation sites is 1. The summed E-state index contributed by atoms with van der Waals surface area (Å²) in [7, 11) is 1.60. The number of hydrogen-bond donors (Lipinski definition) is 1. The summed E-state index contributed by atoms with van der Waals surface area (Å²) >= 11 is 0. The van der Waals surface area contributed by atoms with Crippen molar-refractivity contribution in [2.24, 2.45) is 0 Å². The van der Waals surface area contributed by atoms with Crippen LogP contribution in [0.5, 0.6) is 17.2 Å². The van der Waals surface area contributed by atoms with Crippen molar-refractivity contribution in [3.8, 4) is 17.2 Å². The van der Waals surface area contributed by atoms with Crippen LogP contribution >= 0.6 is 0 Å². The van der Waals surface area contributed by atoms with Crippen molar-refractivity contribution in [3.05, 3.63) is 54.3 Å². The summed E-state index contributed by atoms with van der Waals surface area (Å²) in [6.45, 7) is 3.94. The lowest BCUT2D eigenvalue weighted by molar-refractivity contribution is -0.129. The molecule has 2 atom stereocenters. The number of carbonyl (C=O) groups is 1. The van der Waals surface area contributed by atoms with E-state index in [4.69, 9.17) is 14.2 Å². The monoisotopic (exact) mass is 361 g/mol. The molecular formula is C20H24FNO4. The molecule has 0 heterocycles. The van der Waals surface area contributed by atoms with Crippen LogP contribution in [0.3, 0.4) is 0 Å². The Labute approximate surface area is 153 Å². The molecule has 6 heteroatoms. The molecule has 2 aromatic carbocycles. The zero-order chi connectivity index (χ0) is 18.9. The molecule has 0 aromatic heterocycles. The fraction of sp³-hybridized carbons (Fsp3) is 0.350. The molecule has 1 N–H and O–H groups in total. The SMILES string of the molecule is CC[C@H](Oc1ccccc1F)C(=O)N[C@H](C)COc1ccc(OC)cc1. The summed E-state index contributed by atoms with van der Waals surface area (Å²) in [5.41, 5.74) is 0. The van der Waals surface area contributed by atoms with Gasteiger partial charge >= 0.3 is 0 Å². The van der Waals surface area contributed by atoms with Gasteiger partial charge in [-0.3, -0.25) is 4.79 Å².